The van der Waals surface area contributed by atoms with Crippen LogP contribution >= 0.6 is 35.4 Å². The highest BCUT2D eigenvalue weighted by Crippen LogP contribution is 2.29. The molecule has 0 fully saturated rings. The molecule has 2 N–H and O–H groups in total. The average Bonchev–Trinajstić information content (AvgIpc) is 2.71. The maximum absolute atomic E-state index is 6.09. The molecule has 20 heavy (non-hydrogen) atoms. The molecule has 0 spiro atoms. The first kappa shape index (κ1) is 15.1. The van der Waals surface area contributed by atoms with Crippen LogP contribution in [0.5, 0.6) is 0 Å². The molecular weight excluding hydrogens is 315 g/mol. The van der Waals surface area contributed by atoms with E-state index in [2.05, 4.69) is 15.7 Å². The highest BCUT2D eigenvalue weighted by Gasteiger charge is 2.07. The van der Waals surface area contributed by atoms with Crippen molar-refractivity contribution < 1.29 is 0 Å². The van der Waals surface area contributed by atoms with Gasteiger partial charge in [0.05, 0.1) is 21.4 Å². The summed E-state index contributed by atoms with van der Waals surface area (Å²) in [5.74, 6) is 0. The van der Waals surface area contributed by atoms with Crippen molar-refractivity contribution in [2.24, 2.45) is 7.05 Å². The smallest absolute Gasteiger partial charge is 0.171 e. The summed E-state index contributed by atoms with van der Waals surface area (Å²) >= 11 is 17.3. The minimum Gasteiger partial charge on any atom is -0.358 e. The quantitative estimate of drug-likeness (QED) is 0.846. The predicted octanol–water partition coefficient (Wildman–Crippen LogP) is 3.52. The van der Waals surface area contributed by atoms with Gasteiger partial charge in [-0.2, -0.15) is 5.10 Å². The van der Waals surface area contributed by atoms with Gasteiger partial charge in [0.2, 0.25) is 0 Å². The Morgan fingerprint density at radius 3 is 2.80 bits per heavy atom. The zero-order valence-electron chi connectivity index (χ0n) is 11.1. The topological polar surface area (TPSA) is 41.9 Å². The fourth-order valence-electron chi connectivity index (χ4n) is 1.76. The van der Waals surface area contributed by atoms with Crippen LogP contribution in [0.3, 0.4) is 0 Å². The molecule has 0 aliphatic heterocycles. The van der Waals surface area contributed by atoms with Gasteiger partial charge < -0.3 is 10.6 Å². The van der Waals surface area contributed by atoms with Crippen LogP contribution in [0, 0.1) is 6.92 Å². The molecule has 0 bridgehead atoms. The average molecular weight is 329 g/mol. The maximum atomic E-state index is 6.09. The lowest BCUT2D eigenvalue weighted by molar-refractivity contribution is 0.756. The zero-order chi connectivity index (χ0) is 14.7. The van der Waals surface area contributed by atoms with Gasteiger partial charge in [-0.15, -0.1) is 0 Å². The van der Waals surface area contributed by atoms with Gasteiger partial charge in [-0.1, -0.05) is 29.3 Å². The first-order chi connectivity index (χ1) is 9.47. The van der Waals surface area contributed by atoms with E-state index in [1.807, 2.05) is 32.3 Å². The third kappa shape index (κ3) is 3.62. The first-order valence-corrected chi connectivity index (χ1v) is 7.12. The van der Waals surface area contributed by atoms with Crippen LogP contribution in [0.15, 0.2) is 24.4 Å². The van der Waals surface area contributed by atoms with Gasteiger partial charge in [-0.05, 0) is 31.3 Å². The lowest BCUT2D eigenvalue weighted by Gasteiger charge is -2.12. The largest absolute Gasteiger partial charge is 0.358 e. The van der Waals surface area contributed by atoms with Crippen LogP contribution in [0.1, 0.15) is 11.3 Å². The zero-order valence-corrected chi connectivity index (χ0v) is 13.4. The maximum Gasteiger partial charge on any atom is 0.171 e. The van der Waals surface area contributed by atoms with Crippen LogP contribution in [0.25, 0.3) is 0 Å². The molecule has 7 heteroatoms. The number of thiocarbonyl (C=S) groups is 1. The van der Waals surface area contributed by atoms with Gasteiger partial charge in [0.1, 0.15) is 0 Å². The molecule has 2 aromatic rings. The number of nitrogens with one attached hydrogen (secondary N) is 2. The van der Waals surface area contributed by atoms with Crippen LogP contribution in [0.2, 0.25) is 10.0 Å². The van der Waals surface area contributed by atoms with Gasteiger partial charge >= 0.3 is 0 Å². The van der Waals surface area contributed by atoms with E-state index >= 15 is 0 Å². The van der Waals surface area contributed by atoms with Crippen LogP contribution in [-0.2, 0) is 13.6 Å². The fraction of sp³-hybridized carbons (Fsp3) is 0.231. The van der Waals surface area contributed by atoms with Gasteiger partial charge in [0.15, 0.2) is 5.11 Å². The number of hydrogen-bond donors (Lipinski definition) is 2. The molecule has 1 aromatic heterocycles. The highest BCUT2D eigenvalue weighted by molar-refractivity contribution is 7.80. The van der Waals surface area contributed by atoms with Gasteiger partial charge in [-0.3, -0.25) is 4.68 Å². The molecule has 0 saturated heterocycles. The van der Waals surface area contributed by atoms with Gasteiger partial charge in [0.25, 0.3) is 0 Å². The molecule has 0 amide bonds. The second-order valence-corrected chi connectivity index (χ2v) is 5.52. The van der Waals surface area contributed by atoms with Gasteiger partial charge in [0, 0.05) is 25.4 Å². The molecule has 0 aliphatic rings. The third-order valence-corrected chi connectivity index (χ3v) is 3.82. The fourth-order valence-corrected chi connectivity index (χ4v) is 2.29. The van der Waals surface area contributed by atoms with Crippen molar-refractivity contribution in [1.29, 1.82) is 0 Å². The SMILES string of the molecule is Cc1nn(C)cc1CNC(=S)Nc1cccc(Cl)c1Cl. The number of aryl methyl sites for hydroxylation is 2. The van der Waals surface area contributed by atoms with E-state index < -0.39 is 0 Å². The summed E-state index contributed by atoms with van der Waals surface area (Å²) in [6, 6.07) is 5.35. The molecule has 1 aromatic carbocycles. The van der Waals surface area contributed by atoms with Gasteiger partial charge in [-0.25, -0.2) is 0 Å². The molecule has 106 valence electrons. The second kappa shape index (κ2) is 6.43. The highest BCUT2D eigenvalue weighted by atomic mass is 35.5. The summed E-state index contributed by atoms with van der Waals surface area (Å²) in [4.78, 5) is 0. The van der Waals surface area contributed by atoms with E-state index in [1.54, 1.807) is 10.7 Å². The number of rotatable bonds is 3. The van der Waals surface area contributed by atoms with E-state index in [-0.39, 0.29) is 0 Å². The van der Waals surface area contributed by atoms with E-state index in [9.17, 15) is 0 Å². The standard InChI is InChI=1S/C13H14Cl2N4S/c1-8-9(7-19(2)18-8)6-16-13(20)17-11-5-3-4-10(14)12(11)15/h3-5,7H,6H2,1-2H3,(H2,16,17,20). The summed E-state index contributed by atoms with van der Waals surface area (Å²) in [6.45, 7) is 2.56. The molecule has 1 heterocycles. The number of halogens is 2. The van der Waals surface area contributed by atoms with E-state index in [0.717, 1.165) is 11.3 Å². The minimum atomic E-state index is 0.455. The van der Waals surface area contributed by atoms with Crippen molar-refractivity contribution in [1.82, 2.24) is 15.1 Å². The summed E-state index contributed by atoms with van der Waals surface area (Å²) in [6.07, 6.45) is 1.96. The molecule has 2 rings (SSSR count). The van der Waals surface area contributed by atoms with Crippen molar-refractivity contribution in [2.45, 2.75) is 13.5 Å². The number of benzene rings is 1. The Balaban J connectivity index is 1.96. The number of nitrogens with zero attached hydrogens (tertiary/aromatic N) is 2. The Hall–Kier alpha value is -1.30. The molecule has 0 aliphatic carbocycles. The Morgan fingerprint density at radius 2 is 2.15 bits per heavy atom. The number of hydrogen-bond acceptors (Lipinski definition) is 2. The van der Waals surface area contributed by atoms with Crippen LogP contribution < -0.4 is 10.6 Å². The van der Waals surface area contributed by atoms with E-state index in [0.29, 0.717) is 27.4 Å². The van der Waals surface area contributed by atoms with Crippen molar-refractivity contribution in [2.75, 3.05) is 5.32 Å². The Morgan fingerprint density at radius 1 is 1.40 bits per heavy atom. The molecule has 0 atom stereocenters. The number of anilines is 1. The summed E-state index contributed by atoms with van der Waals surface area (Å²) in [5, 5.41) is 11.8. The van der Waals surface area contributed by atoms with Crippen molar-refractivity contribution in [3.63, 3.8) is 0 Å². The monoisotopic (exact) mass is 328 g/mol. The van der Waals surface area contributed by atoms with Crippen molar-refractivity contribution >= 4 is 46.2 Å². The molecule has 0 unspecified atom stereocenters. The van der Waals surface area contributed by atoms with Crippen molar-refractivity contribution in [3.8, 4) is 0 Å². The molecule has 4 nitrogen and oxygen atoms in total. The third-order valence-electron chi connectivity index (χ3n) is 2.75. The molecule has 0 radical (unpaired) electrons. The van der Waals surface area contributed by atoms with E-state index in [1.165, 1.54) is 0 Å². The Kier molecular flexibility index (Phi) is 4.86. The minimum absolute atomic E-state index is 0.455. The Bertz CT molecular complexity index is 639. The summed E-state index contributed by atoms with van der Waals surface area (Å²) in [5.41, 5.74) is 2.75. The summed E-state index contributed by atoms with van der Waals surface area (Å²) < 4.78 is 1.77. The first-order valence-electron chi connectivity index (χ1n) is 5.95. The summed E-state index contributed by atoms with van der Waals surface area (Å²) in [7, 11) is 1.89. The lowest BCUT2D eigenvalue weighted by Crippen LogP contribution is -2.28. The molecular formula is C13H14Cl2N4S. The second-order valence-electron chi connectivity index (χ2n) is 4.32. The Labute approximate surface area is 133 Å². The predicted molar refractivity (Wildman–Crippen MR) is 87.5 cm³/mol. The van der Waals surface area contributed by atoms with Crippen LogP contribution in [0.4, 0.5) is 5.69 Å². The lowest BCUT2D eigenvalue weighted by atomic mass is 10.3. The van der Waals surface area contributed by atoms with Crippen molar-refractivity contribution in [3.05, 3.63) is 45.7 Å². The molecule has 0 saturated carbocycles. The van der Waals surface area contributed by atoms with E-state index in [4.69, 9.17) is 35.4 Å². The number of aromatic nitrogens is 2. The van der Waals surface area contributed by atoms with Crippen LogP contribution in [-0.4, -0.2) is 14.9 Å². The normalized spacial score (nSPS) is 10.4.